The number of carbonyl (C=O) groups excluding carboxylic acids is 1. The summed E-state index contributed by atoms with van der Waals surface area (Å²) in [5.41, 5.74) is 5.45. The fourth-order valence-corrected chi connectivity index (χ4v) is 2.82. The van der Waals surface area contributed by atoms with Crippen molar-refractivity contribution in [3.8, 4) is 0 Å². The summed E-state index contributed by atoms with van der Waals surface area (Å²) in [6, 6.07) is 0. The van der Waals surface area contributed by atoms with Gasteiger partial charge in [0.05, 0.1) is 6.10 Å². The first-order valence-corrected chi connectivity index (χ1v) is 7.55. The quantitative estimate of drug-likeness (QED) is 0.588. The van der Waals surface area contributed by atoms with Crippen LogP contribution in [0.15, 0.2) is 12.2 Å². The number of nitrogens with two attached hydrogens (primary N) is 1. The molecule has 108 valence electrons. The molecule has 1 amide bonds. The van der Waals surface area contributed by atoms with Gasteiger partial charge in [0.25, 0.3) is 0 Å². The van der Waals surface area contributed by atoms with Gasteiger partial charge in [0, 0.05) is 26.1 Å². The van der Waals surface area contributed by atoms with Gasteiger partial charge < -0.3 is 15.4 Å². The van der Waals surface area contributed by atoms with Crippen LogP contribution in [0.2, 0.25) is 0 Å². The van der Waals surface area contributed by atoms with E-state index in [2.05, 4.69) is 12.2 Å². The molecule has 1 fully saturated rings. The first kappa shape index (κ1) is 14.5. The average Bonchev–Trinajstić information content (AvgIpc) is 2.93. The molecule has 0 aromatic carbocycles. The summed E-state index contributed by atoms with van der Waals surface area (Å²) in [5.74, 6) is 0.794. The van der Waals surface area contributed by atoms with Crippen molar-refractivity contribution in [1.82, 2.24) is 4.90 Å². The summed E-state index contributed by atoms with van der Waals surface area (Å²) in [7, 11) is 0. The van der Waals surface area contributed by atoms with E-state index in [0.29, 0.717) is 30.9 Å². The van der Waals surface area contributed by atoms with Gasteiger partial charge in [-0.05, 0) is 44.6 Å². The van der Waals surface area contributed by atoms with Crippen molar-refractivity contribution < 1.29 is 9.53 Å². The molecule has 4 nitrogen and oxygen atoms in total. The van der Waals surface area contributed by atoms with Gasteiger partial charge in [-0.15, -0.1) is 0 Å². The van der Waals surface area contributed by atoms with Crippen LogP contribution in [0.3, 0.4) is 0 Å². The van der Waals surface area contributed by atoms with Crippen molar-refractivity contribution in [2.24, 2.45) is 11.7 Å². The number of piperidine rings is 1. The molecule has 2 N–H and O–H groups in total. The van der Waals surface area contributed by atoms with Crippen LogP contribution in [0.5, 0.6) is 0 Å². The van der Waals surface area contributed by atoms with E-state index in [0.717, 1.165) is 51.8 Å². The average molecular weight is 266 g/mol. The third-order valence-corrected chi connectivity index (χ3v) is 4.05. The Labute approximate surface area is 116 Å². The molecule has 19 heavy (non-hydrogen) atoms. The standard InChI is InChI=1S/C15H26N2O2/c16-8-3-11-19-14-6-9-17(10-7-14)15(18)12-13-4-1-2-5-13/h1,4,13-14H,2-3,5-12,16H2. The van der Waals surface area contributed by atoms with Crippen LogP contribution in [0.4, 0.5) is 0 Å². The van der Waals surface area contributed by atoms with E-state index in [-0.39, 0.29) is 0 Å². The predicted octanol–water partition coefficient (Wildman–Crippen LogP) is 1.70. The molecule has 0 spiro atoms. The van der Waals surface area contributed by atoms with Gasteiger partial charge in [-0.25, -0.2) is 0 Å². The van der Waals surface area contributed by atoms with Crippen molar-refractivity contribution in [1.29, 1.82) is 0 Å². The molecule has 1 aliphatic heterocycles. The molecule has 1 heterocycles. The maximum absolute atomic E-state index is 12.2. The van der Waals surface area contributed by atoms with E-state index < -0.39 is 0 Å². The number of nitrogens with zero attached hydrogens (tertiary/aromatic N) is 1. The summed E-state index contributed by atoms with van der Waals surface area (Å²) in [5, 5.41) is 0. The topological polar surface area (TPSA) is 55.6 Å². The molecule has 2 rings (SSSR count). The molecule has 1 atom stereocenters. The highest BCUT2D eigenvalue weighted by atomic mass is 16.5. The van der Waals surface area contributed by atoms with Gasteiger partial charge in [0.1, 0.15) is 0 Å². The minimum Gasteiger partial charge on any atom is -0.378 e. The zero-order valence-electron chi connectivity index (χ0n) is 11.7. The molecule has 2 aliphatic rings. The number of carbonyl (C=O) groups is 1. The van der Waals surface area contributed by atoms with Crippen LogP contribution in [-0.2, 0) is 9.53 Å². The van der Waals surface area contributed by atoms with Crippen LogP contribution >= 0.6 is 0 Å². The Balaban J connectivity index is 1.64. The summed E-state index contributed by atoms with van der Waals surface area (Å²) in [4.78, 5) is 14.2. The summed E-state index contributed by atoms with van der Waals surface area (Å²) < 4.78 is 5.76. The zero-order valence-corrected chi connectivity index (χ0v) is 11.7. The number of allylic oxidation sites excluding steroid dienone is 2. The smallest absolute Gasteiger partial charge is 0.223 e. The number of ether oxygens (including phenoxy) is 1. The lowest BCUT2D eigenvalue weighted by molar-refractivity contribution is -0.134. The van der Waals surface area contributed by atoms with E-state index in [1.54, 1.807) is 0 Å². The van der Waals surface area contributed by atoms with Gasteiger partial charge in [-0.2, -0.15) is 0 Å². The van der Waals surface area contributed by atoms with E-state index in [9.17, 15) is 4.79 Å². The van der Waals surface area contributed by atoms with E-state index in [4.69, 9.17) is 10.5 Å². The molecule has 1 unspecified atom stereocenters. The van der Waals surface area contributed by atoms with Gasteiger partial charge in [-0.1, -0.05) is 12.2 Å². The SMILES string of the molecule is NCCCOC1CCN(C(=O)CC2C=CCC2)CC1. The molecule has 0 saturated carbocycles. The normalized spacial score (nSPS) is 24.1. The Hall–Kier alpha value is -0.870. The minimum absolute atomic E-state index is 0.317. The first-order valence-electron chi connectivity index (χ1n) is 7.55. The second-order valence-electron chi connectivity index (χ2n) is 5.56. The number of hydrogen-bond donors (Lipinski definition) is 1. The van der Waals surface area contributed by atoms with E-state index in [1.807, 2.05) is 4.90 Å². The molecule has 0 radical (unpaired) electrons. The summed E-state index contributed by atoms with van der Waals surface area (Å²) >= 11 is 0. The van der Waals surface area contributed by atoms with Crippen molar-refractivity contribution in [2.45, 2.75) is 44.6 Å². The van der Waals surface area contributed by atoms with Crippen LogP contribution in [0, 0.1) is 5.92 Å². The predicted molar refractivity (Wildman–Crippen MR) is 75.7 cm³/mol. The largest absolute Gasteiger partial charge is 0.378 e. The Morgan fingerprint density at radius 3 is 2.74 bits per heavy atom. The summed E-state index contributed by atoms with van der Waals surface area (Å²) in [6.45, 7) is 3.14. The summed E-state index contributed by atoms with van der Waals surface area (Å²) in [6.07, 6.45) is 10.5. The maximum atomic E-state index is 12.2. The van der Waals surface area contributed by atoms with Crippen molar-refractivity contribution in [3.63, 3.8) is 0 Å². The molecule has 1 saturated heterocycles. The highest BCUT2D eigenvalue weighted by molar-refractivity contribution is 5.76. The van der Waals surface area contributed by atoms with Crippen molar-refractivity contribution >= 4 is 5.91 Å². The number of hydrogen-bond acceptors (Lipinski definition) is 3. The Morgan fingerprint density at radius 2 is 2.11 bits per heavy atom. The van der Waals surface area contributed by atoms with Gasteiger partial charge >= 0.3 is 0 Å². The lowest BCUT2D eigenvalue weighted by Crippen LogP contribution is -2.41. The molecular formula is C15H26N2O2. The van der Waals surface area contributed by atoms with Crippen molar-refractivity contribution in [3.05, 3.63) is 12.2 Å². The minimum atomic E-state index is 0.317. The van der Waals surface area contributed by atoms with E-state index >= 15 is 0 Å². The van der Waals surface area contributed by atoms with Crippen LogP contribution in [-0.4, -0.2) is 43.2 Å². The monoisotopic (exact) mass is 266 g/mol. The van der Waals surface area contributed by atoms with Gasteiger partial charge in [0.2, 0.25) is 5.91 Å². The lowest BCUT2D eigenvalue weighted by Gasteiger charge is -2.32. The Morgan fingerprint density at radius 1 is 1.32 bits per heavy atom. The fourth-order valence-electron chi connectivity index (χ4n) is 2.82. The molecule has 4 heteroatoms. The maximum Gasteiger partial charge on any atom is 0.223 e. The number of amides is 1. The van der Waals surface area contributed by atoms with Gasteiger partial charge in [-0.3, -0.25) is 4.79 Å². The second-order valence-corrected chi connectivity index (χ2v) is 5.56. The second kappa shape index (κ2) is 7.65. The lowest BCUT2D eigenvalue weighted by atomic mass is 10.0. The Bertz CT molecular complexity index is 309. The molecule has 1 aliphatic carbocycles. The van der Waals surface area contributed by atoms with Crippen molar-refractivity contribution in [2.75, 3.05) is 26.2 Å². The highest BCUT2D eigenvalue weighted by Gasteiger charge is 2.24. The molecular weight excluding hydrogens is 240 g/mol. The van der Waals surface area contributed by atoms with Crippen LogP contribution in [0.25, 0.3) is 0 Å². The highest BCUT2D eigenvalue weighted by Crippen LogP contribution is 2.22. The molecule has 0 aromatic heterocycles. The number of rotatable bonds is 6. The van der Waals surface area contributed by atoms with E-state index in [1.165, 1.54) is 0 Å². The van der Waals surface area contributed by atoms with Crippen LogP contribution in [0.1, 0.15) is 38.5 Å². The Kier molecular flexibility index (Phi) is 5.86. The van der Waals surface area contributed by atoms with Gasteiger partial charge in [0.15, 0.2) is 0 Å². The molecule has 0 bridgehead atoms. The third-order valence-electron chi connectivity index (χ3n) is 4.05. The third kappa shape index (κ3) is 4.62. The number of likely N-dealkylation sites (tertiary alicyclic amines) is 1. The fraction of sp³-hybridized carbons (Fsp3) is 0.800. The molecule has 0 aromatic rings. The van der Waals surface area contributed by atoms with Crippen LogP contribution < -0.4 is 5.73 Å². The first-order chi connectivity index (χ1) is 9.29. The zero-order chi connectivity index (χ0) is 13.5.